The highest BCUT2D eigenvalue weighted by Gasteiger charge is 2.36. The average molecular weight is 261 g/mol. The first-order chi connectivity index (χ1) is 9.03. The Labute approximate surface area is 113 Å². The molecule has 0 saturated carbocycles. The molecule has 2 N–H and O–H groups in total. The van der Waals surface area contributed by atoms with E-state index >= 15 is 0 Å². The van der Waals surface area contributed by atoms with E-state index in [1.54, 1.807) is 14.0 Å². The van der Waals surface area contributed by atoms with Gasteiger partial charge in [0.1, 0.15) is 11.3 Å². The second kappa shape index (κ2) is 5.34. The number of ether oxygens (including phenoxy) is 1. The molecule has 0 bridgehead atoms. The van der Waals surface area contributed by atoms with Crippen molar-refractivity contribution >= 4 is 5.97 Å². The van der Waals surface area contributed by atoms with Crippen molar-refractivity contribution in [3.63, 3.8) is 0 Å². The molecule has 4 nitrogen and oxygen atoms in total. The number of nitrogens with one attached hydrogen (secondary N) is 1. The Morgan fingerprint density at radius 2 is 2.05 bits per heavy atom. The lowest BCUT2D eigenvalue weighted by atomic mass is 9.94. The predicted octanol–water partition coefficient (Wildman–Crippen LogP) is 2.35. The van der Waals surface area contributed by atoms with Crippen LogP contribution in [0.5, 0.6) is 5.75 Å². The lowest BCUT2D eigenvalue weighted by molar-refractivity contribution is -0.143. The number of aryl methyl sites for hydroxylation is 1. The maximum absolute atomic E-state index is 11.1. The fourth-order valence-electron chi connectivity index (χ4n) is 2.21. The summed E-state index contributed by atoms with van der Waals surface area (Å²) in [4.78, 5) is 11.1. The van der Waals surface area contributed by atoms with E-state index in [0.717, 1.165) is 24.2 Å². The molecule has 0 fully saturated rings. The van der Waals surface area contributed by atoms with Gasteiger partial charge in [-0.15, -0.1) is 0 Å². The predicted molar refractivity (Wildman–Crippen MR) is 73.2 cm³/mol. The summed E-state index contributed by atoms with van der Waals surface area (Å²) in [6.45, 7) is 1.71. The normalized spacial score (nSPS) is 21.7. The van der Waals surface area contributed by atoms with Crippen LogP contribution in [0.2, 0.25) is 0 Å². The van der Waals surface area contributed by atoms with Crippen molar-refractivity contribution < 1.29 is 14.6 Å². The van der Waals surface area contributed by atoms with E-state index in [0.29, 0.717) is 6.42 Å². The van der Waals surface area contributed by atoms with Crippen molar-refractivity contribution in [1.82, 2.24) is 5.32 Å². The third kappa shape index (κ3) is 3.08. The number of hydrogen-bond acceptors (Lipinski definition) is 3. The fraction of sp³-hybridized carbons (Fsp3) is 0.400. The number of benzene rings is 1. The van der Waals surface area contributed by atoms with E-state index in [4.69, 9.17) is 9.84 Å². The molecule has 1 atom stereocenters. The van der Waals surface area contributed by atoms with Crippen molar-refractivity contribution in [1.29, 1.82) is 0 Å². The molecular weight excluding hydrogens is 242 g/mol. The first kappa shape index (κ1) is 13.5. The number of carbonyl (C=O) groups is 1. The van der Waals surface area contributed by atoms with E-state index < -0.39 is 11.5 Å². The zero-order valence-corrected chi connectivity index (χ0v) is 11.3. The SMILES string of the molecule is COc1ccc(CCC2=CNC(C)(C(=O)O)C2)cc1. The fourth-order valence-corrected chi connectivity index (χ4v) is 2.21. The van der Waals surface area contributed by atoms with Gasteiger partial charge in [0.15, 0.2) is 0 Å². The van der Waals surface area contributed by atoms with Gasteiger partial charge in [0, 0.05) is 6.42 Å². The van der Waals surface area contributed by atoms with Crippen LogP contribution in [0.15, 0.2) is 36.0 Å². The van der Waals surface area contributed by atoms with Crippen LogP contribution >= 0.6 is 0 Å². The Morgan fingerprint density at radius 3 is 2.58 bits per heavy atom. The molecule has 0 saturated heterocycles. The molecule has 0 aromatic heterocycles. The average Bonchev–Trinajstić information content (AvgIpc) is 2.80. The van der Waals surface area contributed by atoms with Gasteiger partial charge in [0.2, 0.25) is 0 Å². The second-order valence-corrected chi connectivity index (χ2v) is 5.11. The summed E-state index contributed by atoms with van der Waals surface area (Å²) in [5.41, 5.74) is 1.54. The van der Waals surface area contributed by atoms with Crippen LogP contribution in [0.1, 0.15) is 25.3 Å². The zero-order valence-electron chi connectivity index (χ0n) is 11.3. The minimum absolute atomic E-state index is 0.568. The summed E-state index contributed by atoms with van der Waals surface area (Å²) in [5.74, 6) is 0.0483. The van der Waals surface area contributed by atoms with Gasteiger partial charge in [-0.25, -0.2) is 4.79 Å². The highest BCUT2D eigenvalue weighted by molar-refractivity contribution is 5.79. The highest BCUT2D eigenvalue weighted by atomic mass is 16.5. The molecule has 19 heavy (non-hydrogen) atoms. The number of aliphatic carboxylic acids is 1. The summed E-state index contributed by atoms with van der Waals surface area (Å²) in [7, 11) is 1.65. The Bertz CT molecular complexity index is 493. The smallest absolute Gasteiger partial charge is 0.329 e. The van der Waals surface area contributed by atoms with Gasteiger partial charge in [0.25, 0.3) is 0 Å². The standard InChI is InChI=1S/C15H19NO3/c1-15(14(17)18)9-12(10-16-15)4-3-11-5-7-13(19-2)8-6-11/h5-8,10,16H,3-4,9H2,1-2H3,(H,17,18). The molecule has 1 aliphatic rings. The van der Waals surface area contributed by atoms with Crippen LogP contribution in [0, 0.1) is 0 Å². The summed E-state index contributed by atoms with van der Waals surface area (Å²) in [5, 5.41) is 12.1. The lowest BCUT2D eigenvalue weighted by Crippen LogP contribution is -2.43. The van der Waals surface area contributed by atoms with Crippen molar-refractivity contribution in [2.45, 2.75) is 31.7 Å². The van der Waals surface area contributed by atoms with Gasteiger partial charge >= 0.3 is 5.97 Å². The zero-order chi connectivity index (χ0) is 13.9. The van der Waals surface area contributed by atoms with E-state index in [9.17, 15) is 4.79 Å². The maximum Gasteiger partial charge on any atom is 0.329 e. The van der Waals surface area contributed by atoms with E-state index in [-0.39, 0.29) is 0 Å². The summed E-state index contributed by atoms with van der Waals surface area (Å²) >= 11 is 0. The van der Waals surface area contributed by atoms with Gasteiger partial charge < -0.3 is 15.2 Å². The number of carboxylic acid groups (broad SMARTS) is 1. The largest absolute Gasteiger partial charge is 0.497 e. The van der Waals surface area contributed by atoms with Gasteiger partial charge in [-0.3, -0.25) is 0 Å². The molecule has 1 aliphatic heterocycles. The van der Waals surface area contributed by atoms with Crippen LogP contribution in [0.25, 0.3) is 0 Å². The molecule has 0 aliphatic carbocycles. The molecular formula is C15H19NO3. The van der Waals surface area contributed by atoms with Crippen molar-refractivity contribution in [3.05, 3.63) is 41.6 Å². The van der Waals surface area contributed by atoms with Gasteiger partial charge in [-0.1, -0.05) is 17.7 Å². The van der Waals surface area contributed by atoms with Gasteiger partial charge in [-0.05, 0) is 43.7 Å². The monoisotopic (exact) mass is 261 g/mol. The van der Waals surface area contributed by atoms with E-state index in [2.05, 4.69) is 5.32 Å². The highest BCUT2D eigenvalue weighted by Crippen LogP contribution is 2.26. The third-order valence-corrected chi connectivity index (χ3v) is 3.54. The van der Waals surface area contributed by atoms with Crippen LogP contribution in [0.4, 0.5) is 0 Å². The Morgan fingerprint density at radius 1 is 1.37 bits per heavy atom. The first-order valence-electron chi connectivity index (χ1n) is 6.35. The van der Waals surface area contributed by atoms with E-state index in [1.165, 1.54) is 5.56 Å². The maximum atomic E-state index is 11.1. The molecule has 2 rings (SSSR count). The molecule has 102 valence electrons. The molecule has 4 heteroatoms. The molecule has 1 aromatic carbocycles. The van der Waals surface area contributed by atoms with Gasteiger partial charge in [-0.2, -0.15) is 0 Å². The van der Waals surface area contributed by atoms with Crippen LogP contribution < -0.4 is 10.1 Å². The summed E-state index contributed by atoms with van der Waals surface area (Å²) < 4.78 is 5.11. The topological polar surface area (TPSA) is 58.6 Å². The number of carboxylic acids is 1. The van der Waals surface area contributed by atoms with Crippen LogP contribution in [0.3, 0.4) is 0 Å². The minimum atomic E-state index is -0.838. The summed E-state index contributed by atoms with van der Waals surface area (Å²) in [6.07, 6.45) is 4.20. The molecule has 0 spiro atoms. The van der Waals surface area contributed by atoms with Crippen molar-refractivity contribution in [2.75, 3.05) is 7.11 Å². The second-order valence-electron chi connectivity index (χ2n) is 5.11. The molecule has 0 amide bonds. The Kier molecular flexibility index (Phi) is 3.79. The Hall–Kier alpha value is -1.97. The van der Waals surface area contributed by atoms with Crippen molar-refractivity contribution in [2.24, 2.45) is 0 Å². The quantitative estimate of drug-likeness (QED) is 0.854. The molecule has 0 radical (unpaired) electrons. The number of methoxy groups -OCH3 is 1. The molecule has 1 heterocycles. The first-order valence-corrected chi connectivity index (χ1v) is 6.35. The number of rotatable bonds is 5. The minimum Gasteiger partial charge on any atom is -0.497 e. The molecule has 1 aromatic rings. The van der Waals surface area contributed by atoms with Gasteiger partial charge in [0.05, 0.1) is 7.11 Å². The molecule has 1 unspecified atom stereocenters. The summed E-state index contributed by atoms with van der Waals surface area (Å²) in [6, 6.07) is 7.96. The van der Waals surface area contributed by atoms with Crippen molar-refractivity contribution in [3.8, 4) is 5.75 Å². The Balaban J connectivity index is 1.88. The van der Waals surface area contributed by atoms with Crippen LogP contribution in [-0.4, -0.2) is 23.7 Å². The van der Waals surface area contributed by atoms with Crippen LogP contribution in [-0.2, 0) is 11.2 Å². The number of hydrogen-bond donors (Lipinski definition) is 2. The van der Waals surface area contributed by atoms with E-state index in [1.807, 2.05) is 30.5 Å². The lowest BCUT2D eigenvalue weighted by Gasteiger charge is -2.19. The third-order valence-electron chi connectivity index (χ3n) is 3.54.